The summed E-state index contributed by atoms with van der Waals surface area (Å²) in [5, 5.41) is 15.9. The summed E-state index contributed by atoms with van der Waals surface area (Å²) in [5.41, 5.74) is 8.19. The maximum absolute atomic E-state index is 15.0. The topological polar surface area (TPSA) is 109 Å². The summed E-state index contributed by atoms with van der Waals surface area (Å²) in [6.07, 6.45) is 4.69. The van der Waals surface area contributed by atoms with Crippen LogP contribution >= 0.6 is 0 Å². The quantitative estimate of drug-likeness (QED) is 0.325. The minimum Gasteiger partial charge on any atom is -0.477 e. The second kappa shape index (κ2) is 7.88. The zero-order valence-electron chi connectivity index (χ0n) is 18.5. The summed E-state index contributed by atoms with van der Waals surface area (Å²) < 4.78 is 16.6. The molecule has 0 unspecified atom stereocenters. The lowest BCUT2D eigenvalue weighted by molar-refractivity contribution is 0.0695. The van der Waals surface area contributed by atoms with Crippen LogP contribution in [-0.4, -0.2) is 34.8 Å². The molecular weight excluding hydrogens is 423 g/mol. The van der Waals surface area contributed by atoms with Crippen molar-refractivity contribution in [2.45, 2.75) is 44.2 Å². The number of halogens is 1. The molecule has 0 bridgehead atoms. The maximum Gasteiger partial charge on any atom is 0.341 e. The number of aromatic nitrogens is 1. The fourth-order valence-corrected chi connectivity index (χ4v) is 5.40. The molecule has 1 heterocycles. The number of nitrogens with one attached hydrogen (secondary N) is 2. The van der Waals surface area contributed by atoms with Gasteiger partial charge in [-0.15, -0.1) is 0 Å². The van der Waals surface area contributed by atoms with Crippen LogP contribution in [0.2, 0.25) is 0 Å². The first-order valence-electron chi connectivity index (χ1n) is 11.3. The van der Waals surface area contributed by atoms with E-state index in [1.165, 1.54) is 29.8 Å². The number of benzene rings is 2. The van der Waals surface area contributed by atoms with Crippen LogP contribution in [0.4, 0.5) is 15.8 Å². The molecule has 1 fully saturated rings. The zero-order valence-corrected chi connectivity index (χ0v) is 18.5. The Labute approximate surface area is 190 Å². The molecule has 2 aromatic carbocycles. The third-order valence-corrected chi connectivity index (χ3v) is 7.22. The Bertz CT molecular complexity index is 1340. The van der Waals surface area contributed by atoms with Gasteiger partial charge in [0.2, 0.25) is 5.43 Å². The van der Waals surface area contributed by atoms with Crippen LogP contribution in [0, 0.1) is 5.82 Å². The monoisotopic (exact) mass is 450 g/mol. The first kappa shape index (κ1) is 21.5. The van der Waals surface area contributed by atoms with Crippen LogP contribution in [0.15, 0.2) is 41.3 Å². The molecule has 2 atom stereocenters. The van der Waals surface area contributed by atoms with E-state index in [1.807, 2.05) is 6.92 Å². The van der Waals surface area contributed by atoms with Crippen molar-refractivity contribution in [2.75, 3.05) is 24.1 Å². The van der Waals surface area contributed by atoms with Crippen molar-refractivity contribution in [3.8, 4) is 0 Å². The summed E-state index contributed by atoms with van der Waals surface area (Å²) in [6.45, 7) is 3.37. The van der Waals surface area contributed by atoms with Crippen LogP contribution in [0.5, 0.6) is 0 Å². The van der Waals surface area contributed by atoms with Gasteiger partial charge >= 0.3 is 5.97 Å². The molecule has 1 spiro atoms. The number of fused-ring (bicyclic) bond motifs is 3. The number of rotatable bonds is 7. The van der Waals surface area contributed by atoms with Gasteiger partial charge in [0.1, 0.15) is 5.56 Å². The predicted octanol–water partition coefficient (Wildman–Crippen LogP) is 3.10. The van der Waals surface area contributed by atoms with Gasteiger partial charge in [0.05, 0.1) is 22.3 Å². The van der Waals surface area contributed by atoms with E-state index >= 15 is 0 Å². The molecule has 3 aromatic rings. The van der Waals surface area contributed by atoms with E-state index in [2.05, 4.69) is 34.9 Å². The molecule has 2 aliphatic rings. The summed E-state index contributed by atoms with van der Waals surface area (Å²) in [4.78, 5) is 24.0. The number of carboxylic acids is 1. The van der Waals surface area contributed by atoms with E-state index in [4.69, 9.17) is 5.73 Å². The molecular formula is C25H27FN4O3. The first-order valence-corrected chi connectivity index (χ1v) is 11.3. The van der Waals surface area contributed by atoms with Crippen molar-refractivity contribution in [3.05, 3.63) is 69.3 Å². The van der Waals surface area contributed by atoms with E-state index in [0.717, 1.165) is 12.8 Å². The number of nitrogens with two attached hydrogens (primary N) is 1. The number of nitrogen functional groups attached to an aromatic ring is 1. The van der Waals surface area contributed by atoms with Gasteiger partial charge < -0.3 is 26.0 Å². The Kier molecular flexibility index (Phi) is 5.12. The highest BCUT2D eigenvalue weighted by atomic mass is 19.1. The number of hydrogen-bond acceptors (Lipinski definition) is 5. The number of aryl methyl sites for hydroxylation is 2. The van der Waals surface area contributed by atoms with Gasteiger partial charge in [-0.25, -0.2) is 9.18 Å². The molecule has 5 rings (SSSR count). The van der Waals surface area contributed by atoms with Crippen LogP contribution in [0.1, 0.15) is 41.3 Å². The second-order valence-corrected chi connectivity index (χ2v) is 8.96. The normalized spacial score (nSPS) is 20.8. The highest BCUT2D eigenvalue weighted by Gasteiger charge is 2.57. The SMILES string of the molecule is CCn1cc(C(=O)O)c(=O)c2c(N)c(F)c(NCCN[C@@H]3C[C@]34CCc3ccccc34)cc21. The van der Waals surface area contributed by atoms with Crippen molar-refractivity contribution >= 4 is 28.2 Å². The van der Waals surface area contributed by atoms with Crippen molar-refractivity contribution in [2.24, 2.45) is 0 Å². The molecule has 0 amide bonds. The Hall–Kier alpha value is -3.39. The van der Waals surface area contributed by atoms with Gasteiger partial charge in [-0.2, -0.15) is 0 Å². The predicted molar refractivity (Wildman–Crippen MR) is 127 cm³/mol. The molecule has 33 heavy (non-hydrogen) atoms. The molecule has 5 N–H and O–H groups in total. The Balaban J connectivity index is 1.31. The lowest BCUT2D eigenvalue weighted by Gasteiger charge is -2.16. The maximum atomic E-state index is 15.0. The van der Waals surface area contributed by atoms with Crippen LogP contribution in [0.25, 0.3) is 10.9 Å². The molecule has 7 nitrogen and oxygen atoms in total. The molecule has 1 saturated carbocycles. The Morgan fingerprint density at radius 1 is 1.33 bits per heavy atom. The van der Waals surface area contributed by atoms with Gasteiger partial charge in [0.25, 0.3) is 0 Å². The number of anilines is 2. The lowest BCUT2D eigenvalue weighted by atomic mass is 9.97. The van der Waals surface area contributed by atoms with E-state index in [9.17, 15) is 19.1 Å². The van der Waals surface area contributed by atoms with Gasteiger partial charge in [-0.3, -0.25) is 4.79 Å². The third kappa shape index (κ3) is 3.36. The van der Waals surface area contributed by atoms with Crippen LogP contribution in [0.3, 0.4) is 0 Å². The van der Waals surface area contributed by atoms with Crippen LogP contribution < -0.4 is 21.8 Å². The molecule has 0 saturated heterocycles. The highest BCUT2D eigenvalue weighted by Crippen LogP contribution is 2.56. The third-order valence-electron chi connectivity index (χ3n) is 7.22. The largest absolute Gasteiger partial charge is 0.477 e. The van der Waals surface area contributed by atoms with Crippen molar-refractivity contribution < 1.29 is 14.3 Å². The molecule has 8 heteroatoms. The molecule has 0 radical (unpaired) electrons. The van der Waals surface area contributed by atoms with E-state index in [0.29, 0.717) is 31.2 Å². The number of aromatic carboxylic acids is 1. The van der Waals surface area contributed by atoms with E-state index in [1.54, 1.807) is 4.57 Å². The number of hydrogen-bond donors (Lipinski definition) is 4. The average Bonchev–Trinajstić information content (AvgIpc) is 3.39. The fraction of sp³-hybridized carbons (Fsp3) is 0.360. The summed E-state index contributed by atoms with van der Waals surface area (Å²) in [5.74, 6) is -2.10. The minimum absolute atomic E-state index is 0.0993. The van der Waals surface area contributed by atoms with Gasteiger partial charge in [-0.1, -0.05) is 24.3 Å². The summed E-state index contributed by atoms with van der Waals surface area (Å²) in [7, 11) is 0. The van der Waals surface area contributed by atoms with Crippen molar-refractivity contribution in [3.63, 3.8) is 0 Å². The minimum atomic E-state index is -1.36. The van der Waals surface area contributed by atoms with E-state index < -0.39 is 22.8 Å². The number of nitrogens with zero attached hydrogens (tertiary/aromatic N) is 1. The van der Waals surface area contributed by atoms with Crippen molar-refractivity contribution in [1.29, 1.82) is 0 Å². The first-order chi connectivity index (χ1) is 15.9. The lowest BCUT2D eigenvalue weighted by Crippen LogP contribution is -2.29. The van der Waals surface area contributed by atoms with E-state index in [-0.39, 0.29) is 22.2 Å². The number of pyridine rings is 1. The molecule has 172 valence electrons. The van der Waals surface area contributed by atoms with Crippen molar-refractivity contribution in [1.82, 2.24) is 9.88 Å². The van der Waals surface area contributed by atoms with Gasteiger partial charge in [0, 0.05) is 37.3 Å². The molecule has 0 aliphatic heterocycles. The van der Waals surface area contributed by atoms with Crippen LogP contribution in [-0.2, 0) is 18.4 Å². The molecule has 1 aromatic heterocycles. The zero-order chi connectivity index (χ0) is 23.3. The smallest absolute Gasteiger partial charge is 0.341 e. The standard InChI is InChI=1S/C25H27FN4O3/c1-2-30-13-15(24(32)33)23(31)20-18(30)11-17(21(26)22(20)27)28-9-10-29-19-12-25(19)8-7-14-5-3-4-6-16(14)25/h3-6,11,13,19,28-29H,2,7-10,12,27H2,1H3,(H,32,33)/t19-,25+/m1/s1. The number of carboxylic acid groups (broad SMARTS) is 1. The summed E-state index contributed by atoms with van der Waals surface area (Å²) in [6, 6.07) is 10.6. The Morgan fingerprint density at radius 3 is 2.88 bits per heavy atom. The summed E-state index contributed by atoms with van der Waals surface area (Å²) >= 11 is 0. The fourth-order valence-electron chi connectivity index (χ4n) is 5.40. The Morgan fingerprint density at radius 2 is 2.12 bits per heavy atom. The molecule has 2 aliphatic carbocycles. The van der Waals surface area contributed by atoms with Gasteiger partial charge in [-0.05, 0) is 43.4 Å². The number of carbonyl (C=O) groups is 1. The van der Waals surface area contributed by atoms with Gasteiger partial charge in [0.15, 0.2) is 5.82 Å². The second-order valence-electron chi connectivity index (χ2n) is 8.96. The average molecular weight is 451 g/mol. The highest BCUT2D eigenvalue weighted by molar-refractivity contribution is 5.99.